The third kappa shape index (κ3) is 7.25. The molecule has 5 rings (SSSR count). The average Bonchev–Trinajstić information content (AvgIpc) is 3.38. The van der Waals surface area contributed by atoms with Crippen LogP contribution < -0.4 is 0 Å². The zero-order chi connectivity index (χ0) is 30.1. The number of piperazine rings is 1. The number of aliphatic carboxylic acids is 1. The van der Waals surface area contributed by atoms with Crippen molar-refractivity contribution in [1.29, 1.82) is 0 Å². The second-order valence-corrected chi connectivity index (χ2v) is 12.9. The summed E-state index contributed by atoms with van der Waals surface area (Å²) in [6.07, 6.45) is 2.24. The van der Waals surface area contributed by atoms with Crippen LogP contribution in [0.4, 0.5) is 4.39 Å². The number of carbonyl (C=O) groups is 2. The standard InChI is InChI=1S/C33H43ClFN3O4.CH4/c1-20-13-21(2)27(22(3)14-20)16-31(33(40)41)36-9-10-38(23(4)17-36)32(39)29-19-37(25-7-11-42-12-8-25)18-28(29)26-6-5-24(34)15-30(26)35;/h5-6,13-15,23,25,28-29,31H,7-12,16-19H2,1-4H3,(H,40,41);1H4/t23-,28-,29+,31-;/m0./s1. The van der Waals surface area contributed by atoms with Crippen molar-refractivity contribution in [3.63, 3.8) is 0 Å². The van der Waals surface area contributed by atoms with Crippen LogP contribution >= 0.6 is 11.6 Å². The number of hydrogen-bond acceptors (Lipinski definition) is 5. The molecule has 3 aliphatic heterocycles. The highest BCUT2D eigenvalue weighted by Crippen LogP contribution is 2.39. The lowest BCUT2D eigenvalue weighted by molar-refractivity contribution is -0.147. The molecule has 1 N–H and O–H groups in total. The second-order valence-electron chi connectivity index (χ2n) is 12.5. The molecular formula is C34H47ClFN3O4. The molecule has 2 aromatic carbocycles. The molecule has 236 valence electrons. The van der Waals surface area contributed by atoms with E-state index >= 15 is 4.39 Å². The largest absolute Gasteiger partial charge is 0.480 e. The molecule has 0 aliphatic carbocycles. The minimum absolute atomic E-state index is 0. The van der Waals surface area contributed by atoms with Crippen molar-refractivity contribution in [3.8, 4) is 0 Å². The van der Waals surface area contributed by atoms with Gasteiger partial charge in [-0.1, -0.05) is 42.8 Å². The molecule has 0 bridgehead atoms. The van der Waals surface area contributed by atoms with Gasteiger partial charge in [0.05, 0.1) is 5.92 Å². The molecule has 4 atom stereocenters. The lowest BCUT2D eigenvalue weighted by atomic mass is 9.87. The zero-order valence-electron chi connectivity index (χ0n) is 25.1. The lowest BCUT2D eigenvalue weighted by Crippen LogP contribution is -2.59. The number of aryl methyl sites for hydroxylation is 3. The molecule has 3 saturated heterocycles. The summed E-state index contributed by atoms with van der Waals surface area (Å²) in [6, 6.07) is 8.44. The molecule has 3 aliphatic rings. The monoisotopic (exact) mass is 615 g/mol. The quantitative estimate of drug-likeness (QED) is 0.446. The van der Waals surface area contributed by atoms with Crippen molar-refractivity contribution in [3.05, 3.63) is 69.0 Å². The Hall–Kier alpha value is -2.52. The Balaban J connectivity index is 0.00000423. The van der Waals surface area contributed by atoms with Crippen LogP contribution in [0.1, 0.15) is 60.9 Å². The summed E-state index contributed by atoms with van der Waals surface area (Å²) in [5.74, 6) is -1.86. The molecule has 0 saturated carbocycles. The van der Waals surface area contributed by atoms with Gasteiger partial charge in [0, 0.05) is 69.0 Å². The third-order valence-corrected chi connectivity index (χ3v) is 9.88. The van der Waals surface area contributed by atoms with Crippen LogP contribution in [0.2, 0.25) is 5.02 Å². The zero-order valence-corrected chi connectivity index (χ0v) is 25.9. The maximum absolute atomic E-state index is 15.2. The molecule has 0 unspecified atom stereocenters. The fourth-order valence-corrected chi connectivity index (χ4v) is 7.62. The number of likely N-dealkylation sites (tertiary alicyclic amines) is 1. The van der Waals surface area contributed by atoms with E-state index in [2.05, 4.69) is 24.0 Å². The van der Waals surface area contributed by atoms with Crippen molar-refractivity contribution in [1.82, 2.24) is 14.7 Å². The number of hydrogen-bond donors (Lipinski definition) is 1. The Morgan fingerprint density at radius 3 is 2.33 bits per heavy atom. The van der Waals surface area contributed by atoms with Crippen molar-refractivity contribution >= 4 is 23.5 Å². The summed E-state index contributed by atoms with van der Waals surface area (Å²) in [6.45, 7) is 12.1. The van der Waals surface area contributed by atoms with Crippen LogP contribution in [0.3, 0.4) is 0 Å². The highest BCUT2D eigenvalue weighted by atomic mass is 35.5. The van der Waals surface area contributed by atoms with E-state index < -0.39 is 12.0 Å². The van der Waals surface area contributed by atoms with Gasteiger partial charge in [-0.2, -0.15) is 0 Å². The maximum atomic E-state index is 15.2. The van der Waals surface area contributed by atoms with Crippen molar-refractivity contribution in [2.75, 3.05) is 45.9 Å². The summed E-state index contributed by atoms with van der Waals surface area (Å²) in [4.78, 5) is 33.0. The van der Waals surface area contributed by atoms with Gasteiger partial charge in [0.15, 0.2) is 0 Å². The first-order chi connectivity index (χ1) is 20.0. The summed E-state index contributed by atoms with van der Waals surface area (Å²) >= 11 is 6.06. The number of carboxylic acid groups (broad SMARTS) is 1. The van der Waals surface area contributed by atoms with E-state index in [1.807, 2.05) is 30.6 Å². The van der Waals surface area contributed by atoms with Gasteiger partial charge in [0.25, 0.3) is 0 Å². The normalized spacial score (nSPS) is 24.5. The molecule has 2 aromatic rings. The molecule has 3 heterocycles. The van der Waals surface area contributed by atoms with Crippen LogP contribution in [0.25, 0.3) is 0 Å². The molecule has 0 aromatic heterocycles. The van der Waals surface area contributed by atoms with E-state index in [1.165, 1.54) is 11.6 Å². The number of benzene rings is 2. The Morgan fingerprint density at radius 1 is 1.05 bits per heavy atom. The van der Waals surface area contributed by atoms with Crippen molar-refractivity contribution in [2.24, 2.45) is 5.92 Å². The van der Waals surface area contributed by atoms with E-state index in [-0.39, 0.29) is 37.0 Å². The fraction of sp³-hybridized carbons (Fsp3) is 0.588. The smallest absolute Gasteiger partial charge is 0.321 e. The predicted octanol–water partition coefficient (Wildman–Crippen LogP) is 5.46. The number of ether oxygens (including phenoxy) is 1. The van der Waals surface area contributed by atoms with E-state index in [9.17, 15) is 14.7 Å². The first-order valence-electron chi connectivity index (χ1n) is 15.1. The van der Waals surface area contributed by atoms with E-state index in [0.717, 1.165) is 29.5 Å². The van der Waals surface area contributed by atoms with Gasteiger partial charge in [-0.3, -0.25) is 19.4 Å². The van der Waals surface area contributed by atoms with Gasteiger partial charge in [0.1, 0.15) is 11.9 Å². The number of carbonyl (C=O) groups excluding carboxylic acids is 1. The summed E-state index contributed by atoms with van der Waals surface area (Å²) < 4.78 is 20.8. The molecule has 0 spiro atoms. The van der Waals surface area contributed by atoms with Gasteiger partial charge >= 0.3 is 5.97 Å². The summed E-state index contributed by atoms with van der Waals surface area (Å²) in [5, 5.41) is 10.6. The summed E-state index contributed by atoms with van der Waals surface area (Å²) in [7, 11) is 0. The average molecular weight is 616 g/mol. The second kappa shape index (κ2) is 14.1. The topological polar surface area (TPSA) is 73.3 Å². The van der Waals surface area contributed by atoms with Crippen LogP contribution in [0.5, 0.6) is 0 Å². The van der Waals surface area contributed by atoms with Gasteiger partial charge in [0.2, 0.25) is 5.91 Å². The molecule has 1 amide bonds. The third-order valence-electron chi connectivity index (χ3n) is 9.64. The first kappa shape index (κ1) is 33.4. The number of carboxylic acids is 1. The minimum Gasteiger partial charge on any atom is -0.480 e. The van der Waals surface area contributed by atoms with Gasteiger partial charge in [-0.15, -0.1) is 0 Å². The number of amides is 1. The molecule has 9 heteroatoms. The fourth-order valence-electron chi connectivity index (χ4n) is 7.46. The highest BCUT2D eigenvalue weighted by Gasteiger charge is 2.45. The van der Waals surface area contributed by atoms with Crippen molar-refractivity contribution < 1.29 is 23.8 Å². The lowest BCUT2D eigenvalue weighted by Gasteiger charge is -2.43. The Bertz CT molecular complexity index is 1290. The highest BCUT2D eigenvalue weighted by molar-refractivity contribution is 6.30. The Labute approximate surface area is 260 Å². The molecule has 43 heavy (non-hydrogen) atoms. The van der Waals surface area contributed by atoms with Gasteiger partial charge in [-0.25, -0.2) is 4.39 Å². The first-order valence-corrected chi connectivity index (χ1v) is 15.5. The molecular weight excluding hydrogens is 569 g/mol. The number of rotatable bonds is 7. The summed E-state index contributed by atoms with van der Waals surface area (Å²) in [5.41, 5.74) is 4.99. The van der Waals surface area contributed by atoms with Crippen LogP contribution in [-0.2, 0) is 20.7 Å². The van der Waals surface area contributed by atoms with E-state index in [4.69, 9.17) is 16.3 Å². The maximum Gasteiger partial charge on any atom is 0.321 e. The number of halogens is 2. The van der Waals surface area contributed by atoms with Crippen LogP contribution in [0.15, 0.2) is 30.3 Å². The van der Waals surface area contributed by atoms with Crippen molar-refractivity contribution in [2.45, 2.75) is 78.4 Å². The number of nitrogens with zero attached hydrogens (tertiary/aromatic N) is 3. The van der Waals surface area contributed by atoms with E-state index in [1.54, 1.807) is 12.1 Å². The predicted molar refractivity (Wildman–Crippen MR) is 168 cm³/mol. The van der Waals surface area contributed by atoms with Crippen LogP contribution in [-0.4, -0.2) is 95.7 Å². The van der Waals surface area contributed by atoms with Gasteiger partial charge in [-0.05, 0) is 81.3 Å². The minimum atomic E-state index is -0.845. The Morgan fingerprint density at radius 2 is 1.72 bits per heavy atom. The molecule has 7 nitrogen and oxygen atoms in total. The van der Waals surface area contributed by atoms with Crippen LogP contribution in [0, 0.1) is 32.5 Å². The molecule has 0 radical (unpaired) electrons. The van der Waals surface area contributed by atoms with E-state index in [0.29, 0.717) is 69.0 Å². The molecule has 3 fully saturated rings. The SMILES string of the molecule is C.Cc1cc(C)c(C[C@@H](C(=O)O)N2CCN(C(=O)[C@@H]3CN(C4CCOCC4)C[C@H]3c3ccc(Cl)cc3F)[C@@H](C)C2)c(C)c1. The Kier molecular flexibility index (Phi) is 10.9. The van der Waals surface area contributed by atoms with Gasteiger partial charge < -0.3 is 14.7 Å².